The molecule has 0 saturated carbocycles. The lowest BCUT2D eigenvalue weighted by Gasteiger charge is -2.28. The Morgan fingerprint density at radius 3 is 2.91 bits per heavy atom. The highest BCUT2D eigenvalue weighted by molar-refractivity contribution is 7.89. The summed E-state index contributed by atoms with van der Waals surface area (Å²) in [6, 6.07) is 7.06. The maximum absolute atomic E-state index is 13.1. The highest BCUT2D eigenvalue weighted by atomic mass is 32.2. The summed E-state index contributed by atoms with van der Waals surface area (Å²) >= 11 is 0. The van der Waals surface area contributed by atoms with Crippen LogP contribution in [-0.4, -0.2) is 43.4 Å². The van der Waals surface area contributed by atoms with Gasteiger partial charge in [-0.3, -0.25) is 4.98 Å². The van der Waals surface area contributed by atoms with Crippen molar-refractivity contribution in [2.75, 3.05) is 19.6 Å². The van der Waals surface area contributed by atoms with Crippen molar-refractivity contribution in [3.63, 3.8) is 0 Å². The largest absolute Gasteiger partial charge is 0.315 e. The summed E-state index contributed by atoms with van der Waals surface area (Å²) in [7, 11) is -3.49. The summed E-state index contributed by atoms with van der Waals surface area (Å²) in [5.74, 6) is 0. The number of aromatic nitrogens is 1. The number of pyridine rings is 1. The fourth-order valence-electron chi connectivity index (χ4n) is 3.04. The molecule has 124 valence electrons. The highest BCUT2D eigenvalue weighted by Gasteiger charge is 2.29. The van der Waals surface area contributed by atoms with Gasteiger partial charge in [0.25, 0.3) is 0 Å². The number of nitrogens with one attached hydrogen (secondary N) is 1. The molecule has 0 aliphatic carbocycles. The van der Waals surface area contributed by atoms with Gasteiger partial charge >= 0.3 is 0 Å². The monoisotopic (exact) mass is 333 g/mol. The van der Waals surface area contributed by atoms with Crippen LogP contribution in [0.2, 0.25) is 0 Å². The molecule has 0 unspecified atom stereocenters. The van der Waals surface area contributed by atoms with E-state index in [1.54, 1.807) is 28.8 Å². The zero-order chi connectivity index (χ0) is 16.3. The normalized spacial score (nSPS) is 21.5. The third-order valence-corrected chi connectivity index (χ3v) is 6.39. The van der Waals surface area contributed by atoms with Gasteiger partial charge in [-0.1, -0.05) is 12.5 Å². The first-order valence-electron chi connectivity index (χ1n) is 8.15. The first kappa shape index (κ1) is 16.4. The van der Waals surface area contributed by atoms with Gasteiger partial charge in [-0.25, -0.2) is 8.42 Å². The van der Waals surface area contributed by atoms with E-state index < -0.39 is 10.0 Å². The second-order valence-electron chi connectivity index (χ2n) is 6.11. The van der Waals surface area contributed by atoms with Gasteiger partial charge in [-0.05, 0) is 49.9 Å². The van der Waals surface area contributed by atoms with Crippen LogP contribution in [0.1, 0.15) is 26.2 Å². The van der Waals surface area contributed by atoms with E-state index in [0.29, 0.717) is 18.0 Å². The van der Waals surface area contributed by atoms with Crippen molar-refractivity contribution in [2.45, 2.75) is 37.1 Å². The van der Waals surface area contributed by atoms with Crippen molar-refractivity contribution in [3.8, 4) is 0 Å². The van der Waals surface area contributed by atoms with E-state index in [9.17, 15) is 8.42 Å². The number of sulfonamides is 1. The minimum Gasteiger partial charge on any atom is -0.315 e. The summed E-state index contributed by atoms with van der Waals surface area (Å²) in [5, 5.41) is 5.19. The van der Waals surface area contributed by atoms with Crippen molar-refractivity contribution in [2.24, 2.45) is 0 Å². The number of nitrogens with zero attached hydrogens (tertiary/aromatic N) is 2. The highest BCUT2D eigenvalue weighted by Crippen LogP contribution is 2.23. The van der Waals surface area contributed by atoms with Crippen LogP contribution in [0.4, 0.5) is 0 Å². The Morgan fingerprint density at radius 1 is 1.17 bits per heavy atom. The van der Waals surface area contributed by atoms with E-state index >= 15 is 0 Å². The second-order valence-corrected chi connectivity index (χ2v) is 8.00. The Bertz CT molecular complexity index is 776. The van der Waals surface area contributed by atoms with E-state index in [2.05, 4.69) is 10.3 Å². The number of benzene rings is 1. The number of hydrogen-bond acceptors (Lipinski definition) is 4. The first-order chi connectivity index (χ1) is 11.1. The molecule has 0 spiro atoms. The average molecular weight is 333 g/mol. The number of rotatable bonds is 2. The molecule has 1 N–H and O–H groups in total. The Hall–Kier alpha value is -1.50. The Morgan fingerprint density at radius 2 is 2.04 bits per heavy atom. The fourth-order valence-corrected chi connectivity index (χ4v) is 4.75. The molecule has 1 aliphatic heterocycles. The summed E-state index contributed by atoms with van der Waals surface area (Å²) < 4.78 is 27.8. The second kappa shape index (κ2) is 6.95. The SMILES string of the molecule is C[C@H]1CNCCCCCN1S(=O)(=O)c1ccc2cnccc2c1. The minimum absolute atomic E-state index is 0.0498. The first-order valence-corrected chi connectivity index (χ1v) is 9.59. The van der Waals surface area contributed by atoms with E-state index in [0.717, 1.165) is 36.6 Å². The molecule has 1 atom stereocenters. The Labute approximate surface area is 137 Å². The van der Waals surface area contributed by atoms with Gasteiger partial charge in [-0.2, -0.15) is 4.31 Å². The topological polar surface area (TPSA) is 62.3 Å². The average Bonchev–Trinajstić information content (AvgIpc) is 2.66. The molecule has 2 aromatic rings. The molecular weight excluding hydrogens is 310 g/mol. The standard InChI is InChI=1S/C17H23N3O2S/c1-14-12-18-8-3-2-4-10-20(14)23(21,22)17-6-5-16-13-19-9-7-15(16)11-17/h5-7,9,11,13-14,18H,2-4,8,10,12H2,1H3/t14-/m0/s1. The molecule has 1 aromatic carbocycles. The van der Waals surface area contributed by atoms with E-state index in [1.165, 1.54) is 0 Å². The molecule has 1 saturated heterocycles. The minimum atomic E-state index is -3.49. The van der Waals surface area contributed by atoms with Gasteiger partial charge in [0.2, 0.25) is 10.0 Å². The molecule has 1 aliphatic rings. The maximum Gasteiger partial charge on any atom is 0.243 e. The van der Waals surface area contributed by atoms with Crippen molar-refractivity contribution < 1.29 is 8.42 Å². The van der Waals surface area contributed by atoms with E-state index in [4.69, 9.17) is 0 Å². The molecule has 6 heteroatoms. The smallest absolute Gasteiger partial charge is 0.243 e. The van der Waals surface area contributed by atoms with E-state index in [-0.39, 0.29) is 6.04 Å². The van der Waals surface area contributed by atoms with Crippen LogP contribution in [0.15, 0.2) is 41.6 Å². The summed E-state index contributed by atoms with van der Waals surface area (Å²) in [6.07, 6.45) is 6.49. The van der Waals surface area contributed by atoms with E-state index in [1.807, 2.05) is 19.1 Å². The lowest BCUT2D eigenvalue weighted by molar-refractivity contribution is 0.330. The number of fused-ring (bicyclic) bond motifs is 1. The zero-order valence-electron chi connectivity index (χ0n) is 13.4. The van der Waals surface area contributed by atoms with Gasteiger partial charge in [-0.15, -0.1) is 0 Å². The van der Waals surface area contributed by atoms with Crippen LogP contribution in [0.5, 0.6) is 0 Å². The van der Waals surface area contributed by atoms with Crippen LogP contribution < -0.4 is 5.32 Å². The molecule has 2 heterocycles. The third-order valence-electron chi connectivity index (χ3n) is 4.38. The lowest BCUT2D eigenvalue weighted by atomic mass is 10.2. The summed E-state index contributed by atoms with van der Waals surface area (Å²) in [6.45, 7) is 4.21. The Balaban J connectivity index is 1.96. The molecular formula is C17H23N3O2S. The van der Waals surface area contributed by atoms with Crippen molar-refractivity contribution in [1.29, 1.82) is 0 Å². The third kappa shape index (κ3) is 3.54. The molecule has 1 fully saturated rings. The number of hydrogen-bond donors (Lipinski definition) is 1. The molecule has 0 radical (unpaired) electrons. The predicted octanol–water partition coefficient (Wildman–Crippen LogP) is 2.39. The zero-order valence-corrected chi connectivity index (χ0v) is 14.2. The molecule has 5 nitrogen and oxygen atoms in total. The van der Waals surface area contributed by atoms with Crippen LogP contribution in [0.3, 0.4) is 0 Å². The summed E-state index contributed by atoms with van der Waals surface area (Å²) in [4.78, 5) is 4.43. The Kier molecular flexibility index (Phi) is 4.94. The fraction of sp³-hybridized carbons (Fsp3) is 0.471. The molecule has 3 rings (SSSR count). The van der Waals surface area contributed by atoms with Crippen LogP contribution in [-0.2, 0) is 10.0 Å². The van der Waals surface area contributed by atoms with Gasteiger partial charge in [0.1, 0.15) is 0 Å². The lowest BCUT2D eigenvalue weighted by Crippen LogP contribution is -2.44. The van der Waals surface area contributed by atoms with Crippen LogP contribution in [0.25, 0.3) is 10.8 Å². The quantitative estimate of drug-likeness (QED) is 0.916. The van der Waals surface area contributed by atoms with Crippen molar-refractivity contribution in [3.05, 3.63) is 36.7 Å². The van der Waals surface area contributed by atoms with Gasteiger partial charge in [0.05, 0.1) is 4.90 Å². The molecule has 0 amide bonds. The predicted molar refractivity (Wildman–Crippen MR) is 91.8 cm³/mol. The molecule has 0 bridgehead atoms. The summed E-state index contributed by atoms with van der Waals surface area (Å²) in [5.41, 5.74) is 0. The van der Waals surface area contributed by atoms with Crippen LogP contribution >= 0.6 is 0 Å². The van der Waals surface area contributed by atoms with Crippen LogP contribution in [0, 0.1) is 0 Å². The maximum atomic E-state index is 13.1. The van der Waals surface area contributed by atoms with Crippen molar-refractivity contribution >= 4 is 20.8 Å². The van der Waals surface area contributed by atoms with Gasteiger partial charge in [0.15, 0.2) is 0 Å². The van der Waals surface area contributed by atoms with Gasteiger partial charge < -0.3 is 5.32 Å². The van der Waals surface area contributed by atoms with Crippen molar-refractivity contribution in [1.82, 2.24) is 14.6 Å². The molecule has 23 heavy (non-hydrogen) atoms. The molecule has 1 aromatic heterocycles. The van der Waals surface area contributed by atoms with Gasteiger partial charge in [0, 0.05) is 36.9 Å².